The number of thiocarbonyl (C=S) groups is 1. The summed E-state index contributed by atoms with van der Waals surface area (Å²) in [6.45, 7) is 3.98. The Morgan fingerprint density at radius 3 is 2.44 bits per heavy atom. The lowest BCUT2D eigenvalue weighted by Gasteiger charge is -2.28. The van der Waals surface area contributed by atoms with E-state index in [0.717, 1.165) is 12.8 Å². The van der Waals surface area contributed by atoms with E-state index in [4.69, 9.17) is 5.73 Å². The van der Waals surface area contributed by atoms with Crippen molar-refractivity contribution in [3.05, 3.63) is 29.3 Å². The quantitative estimate of drug-likeness (QED) is 0.825. The standard InChI is InChI=1S/C13H16F2N2S/c1-13(2,7-3-4-7)17-9-6-5-8(12(16)18)10(14)11(9)15/h5-7,17H,3-4H2,1-2H3,(H2,16,18). The van der Waals surface area contributed by atoms with E-state index in [1.807, 2.05) is 13.8 Å². The van der Waals surface area contributed by atoms with Gasteiger partial charge in [0.1, 0.15) is 4.99 Å². The summed E-state index contributed by atoms with van der Waals surface area (Å²) < 4.78 is 27.6. The number of nitrogens with two attached hydrogens (primary N) is 1. The first-order chi connectivity index (χ1) is 8.33. The lowest BCUT2D eigenvalue weighted by molar-refractivity contribution is 0.476. The van der Waals surface area contributed by atoms with Crippen molar-refractivity contribution in [3.8, 4) is 0 Å². The van der Waals surface area contributed by atoms with Crippen LogP contribution in [0.5, 0.6) is 0 Å². The SMILES string of the molecule is CC(C)(Nc1ccc(C(N)=S)c(F)c1F)C1CC1. The number of nitrogens with one attached hydrogen (secondary N) is 1. The van der Waals surface area contributed by atoms with Crippen molar-refractivity contribution in [1.29, 1.82) is 0 Å². The summed E-state index contributed by atoms with van der Waals surface area (Å²) in [5, 5.41) is 3.06. The largest absolute Gasteiger partial charge is 0.389 e. The third-order valence-electron chi connectivity index (χ3n) is 3.40. The van der Waals surface area contributed by atoms with E-state index in [0.29, 0.717) is 5.92 Å². The van der Waals surface area contributed by atoms with Gasteiger partial charge in [0.2, 0.25) is 0 Å². The van der Waals surface area contributed by atoms with Gasteiger partial charge in [-0.15, -0.1) is 0 Å². The fraction of sp³-hybridized carbons (Fsp3) is 0.462. The average Bonchev–Trinajstić information content (AvgIpc) is 3.08. The zero-order valence-corrected chi connectivity index (χ0v) is 11.2. The van der Waals surface area contributed by atoms with Gasteiger partial charge < -0.3 is 11.1 Å². The predicted octanol–water partition coefficient (Wildman–Crippen LogP) is 3.20. The van der Waals surface area contributed by atoms with E-state index in [9.17, 15) is 8.78 Å². The van der Waals surface area contributed by atoms with Gasteiger partial charge in [-0.2, -0.15) is 0 Å². The van der Waals surface area contributed by atoms with Crippen molar-refractivity contribution in [3.63, 3.8) is 0 Å². The van der Waals surface area contributed by atoms with Gasteiger partial charge in [-0.25, -0.2) is 8.78 Å². The first-order valence-electron chi connectivity index (χ1n) is 5.89. The highest BCUT2D eigenvalue weighted by Gasteiger charge is 2.38. The molecule has 0 aromatic heterocycles. The van der Waals surface area contributed by atoms with Gasteiger partial charge in [-0.3, -0.25) is 0 Å². The molecule has 0 radical (unpaired) electrons. The molecule has 1 aliphatic carbocycles. The highest BCUT2D eigenvalue weighted by molar-refractivity contribution is 7.80. The Labute approximate surface area is 111 Å². The predicted molar refractivity (Wildman–Crippen MR) is 72.7 cm³/mol. The van der Waals surface area contributed by atoms with Crippen LogP contribution in [0, 0.1) is 17.6 Å². The third-order valence-corrected chi connectivity index (χ3v) is 3.62. The molecular weight excluding hydrogens is 254 g/mol. The van der Waals surface area contributed by atoms with Gasteiger partial charge in [-0.05, 0) is 44.7 Å². The van der Waals surface area contributed by atoms with E-state index in [-0.39, 0.29) is 21.8 Å². The second-order valence-electron chi connectivity index (χ2n) is 5.27. The molecule has 0 bridgehead atoms. The van der Waals surface area contributed by atoms with E-state index in [1.165, 1.54) is 12.1 Å². The normalized spacial score (nSPS) is 15.6. The van der Waals surface area contributed by atoms with Gasteiger partial charge in [-0.1, -0.05) is 12.2 Å². The van der Waals surface area contributed by atoms with Crippen LogP contribution in [0.1, 0.15) is 32.3 Å². The average molecular weight is 270 g/mol. The molecule has 1 fully saturated rings. The molecule has 18 heavy (non-hydrogen) atoms. The fourth-order valence-corrected chi connectivity index (χ4v) is 2.25. The molecule has 2 rings (SSSR count). The minimum Gasteiger partial charge on any atom is -0.389 e. The minimum absolute atomic E-state index is 0.0581. The monoisotopic (exact) mass is 270 g/mol. The fourth-order valence-electron chi connectivity index (χ4n) is 2.09. The van der Waals surface area contributed by atoms with Crippen LogP contribution in [-0.2, 0) is 0 Å². The van der Waals surface area contributed by atoms with Crippen molar-refractivity contribution >= 4 is 22.9 Å². The molecular formula is C13H16F2N2S. The molecule has 0 spiro atoms. The van der Waals surface area contributed by atoms with Crippen molar-refractivity contribution in [2.45, 2.75) is 32.2 Å². The van der Waals surface area contributed by atoms with Crippen molar-refractivity contribution in [2.24, 2.45) is 11.7 Å². The number of hydrogen-bond acceptors (Lipinski definition) is 2. The molecule has 5 heteroatoms. The topological polar surface area (TPSA) is 38.0 Å². The minimum atomic E-state index is -0.987. The maximum Gasteiger partial charge on any atom is 0.182 e. The number of benzene rings is 1. The van der Waals surface area contributed by atoms with Crippen LogP contribution in [0.25, 0.3) is 0 Å². The van der Waals surface area contributed by atoms with Gasteiger partial charge in [0.05, 0.1) is 5.69 Å². The second kappa shape index (κ2) is 4.46. The van der Waals surface area contributed by atoms with Gasteiger partial charge >= 0.3 is 0 Å². The van der Waals surface area contributed by atoms with E-state index in [1.54, 1.807) is 0 Å². The Morgan fingerprint density at radius 1 is 1.33 bits per heavy atom. The van der Waals surface area contributed by atoms with Crippen molar-refractivity contribution < 1.29 is 8.78 Å². The highest BCUT2D eigenvalue weighted by Crippen LogP contribution is 2.41. The molecule has 1 aromatic carbocycles. The van der Waals surface area contributed by atoms with Gasteiger partial charge in [0.15, 0.2) is 11.6 Å². The molecule has 0 heterocycles. The third kappa shape index (κ3) is 2.46. The first-order valence-corrected chi connectivity index (χ1v) is 6.29. The Kier molecular flexibility index (Phi) is 3.27. The van der Waals surface area contributed by atoms with Crippen LogP contribution < -0.4 is 11.1 Å². The van der Waals surface area contributed by atoms with Crippen LogP contribution in [0.15, 0.2) is 12.1 Å². The lowest BCUT2D eigenvalue weighted by atomic mass is 9.98. The Balaban J connectivity index is 2.29. The van der Waals surface area contributed by atoms with Crippen LogP contribution in [-0.4, -0.2) is 10.5 Å². The number of anilines is 1. The summed E-state index contributed by atoms with van der Waals surface area (Å²) in [5.41, 5.74) is 5.18. The Hall–Kier alpha value is -1.23. The molecule has 3 N–H and O–H groups in total. The maximum absolute atomic E-state index is 13.9. The Bertz CT molecular complexity index is 496. The molecule has 98 valence electrons. The molecule has 0 atom stereocenters. The Morgan fingerprint density at radius 2 is 1.94 bits per heavy atom. The highest BCUT2D eigenvalue weighted by atomic mass is 32.1. The molecule has 1 aromatic rings. The van der Waals surface area contributed by atoms with Crippen LogP contribution >= 0.6 is 12.2 Å². The summed E-state index contributed by atoms with van der Waals surface area (Å²) in [7, 11) is 0. The number of halogens is 2. The summed E-state index contributed by atoms with van der Waals surface area (Å²) in [6, 6.07) is 2.89. The van der Waals surface area contributed by atoms with Crippen molar-refractivity contribution in [1.82, 2.24) is 0 Å². The number of rotatable bonds is 4. The van der Waals surface area contributed by atoms with Crippen molar-refractivity contribution in [2.75, 3.05) is 5.32 Å². The van der Waals surface area contributed by atoms with Gasteiger partial charge in [0.25, 0.3) is 0 Å². The lowest BCUT2D eigenvalue weighted by Crippen LogP contribution is -2.34. The summed E-state index contributed by atoms with van der Waals surface area (Å²) >= 11 is 4.66. The van der Waals surface area contributed by atoms with Crippen LogP contribution in [0.2, 0.25) is 0 Å². The molecule has 2 nitrogen and oxygen atoms in total. The van der Waals surface area contributed by atoms with Crippen LogP contribution in [0.3, 0.4) is 0 Å². The molecule has 1 aliphatic rings. The van der Waals surface area contributed by atoms with E-state index < -0.39 is 11.6 Å². The zero-order chi connectivity index (χ0) is 13.5. The molecule has 0 aliphatic heterocycles. The summed E-state index contributed by atoms with van der Waals surface area (Å²) in [4.78, 5) is -0.139. The maximum atomic E-state index is 13.9. The molecule has 0 unspecified atom stereocenters. The molecule has 1 saturated carbocycles. The van der Waals surface area contributed by atoms with Gasteiger partial charge in [0, 0.05) is 11.1 Å². The summed E-state index contributed by atoms with van der Waals surface area (Å²) in [6.07, 6.45) is 2.24. The van der Waals surface area contributed by atoms with E-state index >= 15 is 0 Å². The molecule has 0 saturated heterocycles. The second-order valence-corrected chi connectivity index (χ2v) is 5.71. The summed E-state index contributed by atoms with van der Waals surface area (Å²) in [5.74, 6) is -1.40. The molecule has 0 amide bonds. The first kappa shape index (κ1) is 13.2. The zero-order valence-electron chi connectivity index (χ0n) is 10.4. The smallest absolute Gasteiger partial charge is 0.182 e. The number of hydrogen-bond donors (Lipinski definition) is 2. The van der Waals surface area contributed by atoms with E-state index in [2.05, 4.69) is 17.5 Å². The van der Waals surface area contributed by atoms with Crippen LogP contribution in [0.4, 0.5) is 14.5 Å².